The Morgan fingerprint density at radius 3 is 2.28 bits per heavy atom. The second-order valence-electron chi connectivity index (χ2n) is 9.64. The molecule has 2 aliphatic heterocycles. The van der Waals surface area contributed by atoms with Crippen molar-refractivity contribution in [3.63, 3.8) is 0 Å². The van der Waals surface area contributed by atoms with Gasteiger partial charge in [-0.3, -0.25) is 24.1 Å². The SMILES string of the molecule is O=C(Nc1ccc(N2CCOCC2)cc1)[C@@H](c1csnn1)N(C(=O)CN1C(=O)c2ccccc2C1=O)C1CC1. The maximum atomic E-state index is 13.7. The van der Waals surface area contributed by atoms with Gasteiger partial charge in [-0.1, -0.05) is 16.6 Å². The van der Waals surface area contributed by atoms with E-state index < -0.39 is 36.2 Å². The monoisotopic (exact) mass is 546 g/mol. The van der Waals surface area contributed by atoms with Crippen LogP contribution in [0.5, 0.6) is 0 Å². The molecule has 0 radical (unpaired) electrons. The van der Waals surface area contributed by atoms with E-state index in [0.717, 1.165) is 35.2 Å². The minimum Gasteiger partial charge on any atom is -0.378 e. The molecule has 11 nitrogen and oxygen atoms in total. The van der Waals surface area contributed by atoms with Crippen molar-refractivity contribution in [1.29, 1.82) is 0 Å². The zero-order chi connectivity index (χ0) is 26.9. The fourth-order valence-corrected chi connectivity index (χ4v) is 5.47. The third-order valence-corrected chi connectivity index (χ3v) is 7.62. The molecule has 6 rings (SSSR count). The van der Waals surface area contributed by atoms with Crippen molar-refractivity contribution in [2.24, 2.45) is 0 Å². The minimum atomic E-state index is -1.06. The summed E-state index contributed by atoms with van der Waals surface area (Å²) in [7, 11) is 0. The molecular formula is C27H26N6O5S. The molecule has 0 bridgehead atoms. The Morgan fingerprint density at radius 1 is 1.03 bits per heavy atom. The number of fused-ring (bicyclic) bond motifs is 1. The highest BCUT2D eigenvalue weighted by Crippen LogP contribution is 2.36. The number of aromatic nitrogens is 2. The maximum absolute atomic E-state index is 13.7. The van der Waals surface area contributed by atoms with Crippen molar-refractivity contribution < 1.29 is 23.9 Å². The fraction of sp³-hybridized carbons (Fsp3) is 0.333. The highest BCUT2D eigenvalue weighted by Gasteiger charge is 2.45. The summed E-state index contributed by atoms with van der Waals surface area (Å²) in [5, 5.41) is 8.66. The average Bonchev–Trinajstić information content (AvgIpc) is 3.60. The lowest BCUT2D eigenvalue weighted by molar-refractivity contribution is -0.140. The van der Waals surface area contributed by atoms with Gasteiger partial charge >= 0.3 is 0 Å². The van der Waals surface area contributed by atoms with Gasteiger partial charge in [0, 0.05) is 35.9 Å². The first kappa shape index (κ1) is 25.1. The number of anilines is 2. The molecule has 1 aliphatic carbocycles. The molecule has 3 aliphatic rings. The summed E-state index contributed by atoms with van der Waals surface area (Å²) in [5.41, 5.74) is 2.49. The van der Waals surface area contributed by atoms with Crippen molar-refractivity contribution in [1.82, 2.24) is 19.4 Å². The van der Waals surface area contributed by atoms with Crippen molar-refractivity contribution >= 4 is 46.5 Å². The maximum Gasteiger partial charge on any atom is 0.262 e. The number of amides is 4. The van der Waals surface area contributed by atoms with Crippen molar-refractivity contribution in [2.75, 3.05) is 43.1 Å². The lowest BCUT2D eigenvalue weighted by Crippen LogP contribution is -2.48. The van der Waals surface area contributed by atoms with E-state index in [9.17, 15) is 19.2 Å². The van der Waals surface area contributed by atoms with Crippen molar-refractivity contribution in [3.05, 3.63) is 70.7 Å². The molecule has 1 saturated heterocycles. The third-order valence-electron chi connectivity index (χ3n) is 7.09. The van der Waals surface area contributed by atoms with Crippen LogP contribution in [-0.4, -0.2) is 81.9 Å². The zero-order valence-electron chi connectivity index (χ0n) is 21.0. The van der Waals surface area contributed by atoms with Crippen LogP contribution in [0, 0.1) is 0 Å². The molecular weight excluding hydrogens is 520 g/mol. The Morgan fingerprint density at radius 2 is 1.69 bits per heavy atom. The summed E-state index contributed by atoms with van der Waals surface area (Å²) < 4.78 is 9.33. The van der Waals surface area contributed by atoms with E-state index in [2.05, 4.69) is 19.8 Å². The van der Waals surface area contributed by atoms with E-state index in [1.165, 1.54) is 4.90 Å². The Balaban J connectivity index is 1.22. The van der Waals surface area contributed by atoms with Crippen LogP contribution in [0.15, 0.2) is 53.9 Å². The van der Waals surface area contributed by atoms with Gasteiger partial charge in [0.2, 0.25) is 5.91 Å². The molecule has 12 heteroatoms. The Kier molecular flexibility index (Phi) is 6.79. The molecule has 1 aromatic heterocycles. The molecule has 0 unspecified atom stereocenters. The number of nitrogens with one attached hydrogen (secondary N) is 1. The first-order chi connectivity index (χ1) is 19.0. The predicted molar refractivity (Wildman–Crippen MR) is 142 cm³/mol. The molecule has 3 aromatic rings. The van der Waals surface area contributed by atoms with Crippen LogP contribution in [0.25, 0.3) is 0 Å². The Hall–Kier alpha value is -4.16. The third kappa shape index (κ3) is 5.00. The number of nitrogens with zero attached hydrogens (tertiary/aromatic N) is 5. The van der Waals surface area contributed by atoms with Gasteiger partial charge in [-0.15, -0.1) is 5.10 Å². The van der Waals surface area contributed by atoms with E-state index in [1.54, 1.807) is 29.6 Å². The largest absolute Gasteiger partial charge is 0.378 e. The van der Waals surface area contributed by atoms with E-state index in [-0.39, 0.29) is 17.2 Å². The number of hydrogen-bond acceptors (Lipinski definition) is 9. The molecule has 1 saturated carbocycles. The van der Waals surface area contributed by atoms with Crippen LogP contribution in [0.1, 0.15) is 45.3 Å². The van der Waals surface area contributed by atoms with Crippen LogP contribution in [-0.2, 0) is 14.3 Å². The lowest BCUT2D eigenvalue weighted by atomic mass is 10.1. The predicted octanol–water partition coefficient (Wildman–Crippen LogP) is 2.34. The van der Waals surface area contributed by atoms with Gasteiger partial charge in [0.25, 0.3) is 17.7 Å². The normalized spacial score (nSPS) is 17.6. The van der Waals surface area contributed by atoms with E-state index in [0.29, 0.717) is 37.4 Å². The van der Waals surface area contributed by atoms with E-state index in [1.807, 2.05) is 24.3 Å². The number of benzene rings is 2. The smallest absolute Gasteiger partial charge is 0.262 e. The molecule has 39 heavy (non-hydrogen) atoms. The Bertz CT molecular complexity index is 1370. The molecule has 200 valence electrons. The summed E-state index contributed by atoms with van der Waals surface area (Å²) in [5.74, 6) is -1.97. The van der Waals surface area contributed by atoms with Crippen molar-refractivity contribution in [3.8, 4) is 0 Å². The summed E-state index contributed by atoms with van der Waals surface area (Å²) in [6, 6.07) is 12.7. The topological polar surface area (TPSA) is 125 Å². The summed E-state index contributed by atoms with van der Waals surface area (Å²) >= 11 is 1.08. The molecule has 2 aromatic carbocycles. The van der Waals surface area contributed by atoms with E-state index in [4.69, 9.17) is 4.74 Å². The lowest BCUT2D eigenvalue weighted by Gasteiger charge is -2.31. The van der Waals surface area contributed by atoms with Crippen LogP contribution >= 0.6 is 11.5 Å². The molecule has 3 heterocycles. The van der Waals surface area contributed by atoms with Gasteiger partial charge in [0.1, 0.15) is 12.2 Å². The number of ether oxygens (including phenoxy) is 1. The van der Waals surface area contributed by atoms with Gasteiger partial charge in [-0.2, -0.15) is 0 Å². The van der Waals surface area contributed by atoms with Crippen molar-refractivity contribution in [2.45, 2.75) is 24.9 Å². The molecule has 0 spiro atoms. The molecule has 2 fully saturated rings. The summed E-state index contributed by atoms with van der Waals surface area (Å²) in [6.45, 7) is 2.49. The van der Waals surface area contributed by atoms with Gasteiger partial charge in [-0.05, 0) is 60.8 Å². The second-order valence-corrected chi connectivity index (χ2v) is 10.3. The standard InChI is InChI=1S/C27H26N6O5S/c34-23(15-32-26(36)20-3-1-2-4-21(20)27(32)37)33(19-9-10-19)24(22-16-39-30-29-22)25(35)28-17-5-7-18(8-6-17)31-11-13-38-14-12-31/h1-8,16,19,24H,9-15H2,(H,28,35)/t24-/m1/s1. The summed E-state index contributed by atoms with van der Waals surface area (Å²) in [6.07, 6.45) is 1.42. The zero-order valence-corrected chi connectivity index (χ0v) is 21.8. The highest BCUT2D eigenvalue weighted by atomic mass is 32.1. The average molecular weight is 547 g/mol. The number of morpholine rings is 1. The number of imide groups is 1. The number of carbonyl (C=O) groups is 4. The Labute approximate surface area is 228 Å². The van der Waals surface area contributed by atoms with Crippen LogP contribution in [0.3, 0.4) is 0 Å². The highest BCUT2D eigenvalue weighted by molar-refractivity contribution is 7.03. The van der Waals surface area contributed by atoms with Crippen LogP contribution < -0.4 is 10.2 Å². The van der Waals surface area contributed by atoms with Gasteiger partial charge in [-0.25, -0.2) is 0 Å². The van der Waals surface area contributed by atoms with Crippen LogP contribution in [0.4, 0.5) is 11.4 Å². The minimum absolute atomic E-state index is 0.200. The first-order valence-electron chi connectivity index (χ1n) is 12.8. The summed E-state index contributed by atoms with van der Waals surface area (Å²) in [4.78, 5) is 57.7. The second kappa shape index (κ2) is 10.5. The van der Waals surface area contributed by atoms with Gasteiger partial charge < -0.3 is 19.9 Å². The number of hydrogen-bond donors (Lipinski definition) is 1. The number of carbonyl (C=O) groups excluding carboxylic acids is 4. The molecule has 4 amide bonds. The van der Waals surface area contributed by atoms with Crippen LogP contribution in [0.2, 0.25) is 0 Å². The molecule has 1 atom stereocenters. The quantitative estimate of drug-likeness (QED) is 0.427. The molecule has 1 N–H and O–H groups in total. The van der Waals surface area contributed by atoms with E-state index >= 15 is 0 Å². The fourth-order valence-electron chi connectivity index (χ4n) is 4.99. The first-order valence-corrected chi connectivity index (χ1v) is 13.6. The van der Waals surface area contributed by atoms with Gasteiger partial charge in [0.15, 0.2) is 6.04 Å². The van der Waals surface area contributed by atoms with Gasteiger partial charge in [0.05, 0.1) is 24.3 Å². The number of rotatable bonds is 8.